The molecule has 4 heterocycles. The van der Waals surface area contributed by atoms with Gasteiger partial charge in [0.25, 0.3) is 0 Å². The van der Waals surface area contributed by atoms with Crippen LogP contribution in [0.4, 0.5) is 0 Å². The molecular weight excluding hydrogens is 448 g/mol. The van der Waals surface area contributed by atoms with E-state index in [-0.39, 0.29) is 17.4 Å². The zero-order valence-electron chi connectivity index (χ0n) is 21.7. The van der Waals surface area contributed by atoms with Crippen LogP contribution in [0, 0.1) is 11.8 Å². The smallest absolute Gasteiger partial charge is 0.338 e. The zero-order valence-corrected chi connectivity index (χ0v) is 21.7. The molecule has 5 nitrogen and oxygen atoms in total. The van der Waals surface area contributed by atoms with Crippen molar-refractivity contribution in [2.45, 2.75) is 51.2 Å². The van der Waals surface area contributed by atoms with E-state index in [0.29, 0.717) is 17.4 Å². The van der Waals surface area contributed by atoms with Crippen LogP contribution in [0.3, 0.4) is 0 Å². The number of carbonyl (C=O) groups is 1. The Kier molecular flexibility index (Phi) is 6.60. The van der Waals surface area contributed by atoms with Crippen LogP contribution in [0.1, 0.15) is 61.2 Å². The largest absolute Gasteiger partial charge is 0.497 e. The fraction of sp³-hybridized carbons (Fsp3) is 0.419. The predicted octanol–water partition coefficient (Wildman–Crippen LogP) is 6.34. The molecule has 2 aromatic carbocycles. The second-order valence-corrected chi connectivity index (χ2v) is 11.2. The van der Waals surface area contributed by atoms with Crippen LogP contribution in [-0.4, -0.2) is 42.1 Å². The van der Waals surface area contributed by atoms with Crippen LogP contribution in [0.15, 0.2) is 67.4 Å². The van der Waals surface area contributed by atoms with Gasteiger partial charge in [0.05, 0.1) is 24.2 Å². The lowest BCUT2D eigenvalue weighted by Crippen LogP contribution is -2.55. The van der Waals surface area contributed by atoms with Gasteiger partial charge in [0.1, 0.15) is 11.9 Å². The zero-order chi connectivity index (χ0) is 25.4. The van der Waals surface area contributed by atoms with Crippen LogP contribution >= 0.6 is 0 Å². The second kappa shape index (κ2) is 9.70. The van der Waals surface area contributed by atoms with E-state index in [9.17, 15) is 4.79 Å². The summed E-state index contributed by atoms with van der Waals surface area (Å²) in [5.74, 6) is 1.52. The van der Waals surface area contributed by atoms with Gasteiger partial charge in [-0.2, -0.15) is 0 Å². The number of pyridine rings is 1. The first-order valence-corrected chi connectivity index (χ1v) is 12.9. The number of methoxy groups -OCH3 is 1. The Bertz CT molecular complexity index is 1260. The summed E-state index contributed by atoms with van der Waals surface area (Å²) in [6, 6.07) is 15.8. The van der Waals surface area contributed by atoms with Gasteiger partial charge in [0.2, 0.25) is 0 Å². The molecule has 1 unspecified atom stereocenters. The second-order valence-electron chi connectivity index (χ2n) is 11.2. The van der Waals surface area contributed by atoms with Crippen molar-refractivity contribution in [3.63, 3.8) is 0 Å². The summed E-state index contributed by atoms with van der Waals surface area (Å²) < 4.78 is 11.9. The van der Waals surface area contributed by atoms with Crippen molar-refractivity contribution in [1.29, 1.82) is 0 Å². The van der Waals surface area contributed by atoms with Crippen molar-refractivity contribution in [1.82, 2.24) is 9.88 Å². The van der Waals surface area contributed by atoms with Gasteiger partial charge in [-0.1, -0.05) is 39.0 Å². The first-order chi connectivity index (χ1) is 17.3. The van der Waals surface area contributed by atoms with Crippen molar-refractivity contribution < 1.29 is 14.3 Å². The molecule has 0 aliphatic carbocycles. The number of rotatable bonds is 6. The molecular formula is C31H36N2O3. The lowest BCUT2D eigenvalue weighted by atomic mass is 9.73. The van der Waals surface area contributed by atoms with E-state index >= 15 is 0 Å². The fourth-order valence-electron chi connectivity index (χ4n) is 5.85. The van der Waals surface area contributed by atoms with E-state index in [1.807, 2.05) is 54.7 Å². The molecule has 0 amide bonds. The Morgan fingerprint density at radius 1 is 1.17 bits per heavy atom. The third-order valence-electron chi connectivity index (χ3n) is 8.01. The molecule has 5 heteroatoms. The average molecular weight is 485 g/mol. The first-order valence-electron chi connectivity index (χ1n) is 12.9. The normalized spacial score (nSPS) is 24.3. The number of fused-ring (bicyclic) bond motifs is 4. The van der Waals surface area contributed by atoms with E-state index in [4.69, 9.17) is 9.47 Å². The van der Waals surface area contributed by atoms with Crippen LogP contribution in [0.25, 0.3) is 10.9 Å². The van der Waals surface area contributed by atoms with Crippen molar-refractivity contribution in [3.8, 4) is 5.75 Å². The molecule has 0 spiro atoms. The maximum Gasteiger partial charge on any atom is 0.338 e. The number of hydrogen-bond acceptors (Lipinski definition) is 5. The Labute approximate surface area is 214 Å². The van der Waals surface area contributed by atoms with E-state index in [2.05, 4.69) is 43.3 Å². The Hall–Kier alpha value is -3.18. The molecule has 5 atom stereocenters. The van der Waals surface area contributed by atoms with E-state index in [1.54, 1.807) is 7.11 Å². The highest BCUT2D eigenvalue weighted by Gasteiger charge is 2.44. The fourth-order valence-corrected chi connectivity index (χ4v) is 5.85. The van der Waals surface area contributed by atoms with Gasteiger partial charge in [-0.25, -0.2) is 4.79 Å². The molecule has 3 fully saturated rings. The lowest BCUT2D eigenvalue weighted by Gasteiger charge is -2.51. The molecule has 3 aromatic rings. The number of piperidine rings is 3. The summed E-state index contributed by atoms with van der Waals surface area (Å²) in [5.41, 5.74) is 3.63. The summed E-state index contributed by atoms with van der Waals surface area (Å²) in [7, 11) is 1.66. The van der Waals surface area contributed by atoms with E-state index in [0.717, 1.165) is 48.1 Å². The molecule has 0 N–H and O–H groups in total. The third-order valence-corrected chi connectivity index (χ3v) is 8.01. The number of carbonyl (C=O) groups excluding carboxylic acids is 1. The highest BCUT2D eigenvalue weighted by Crippen LogP contribution is 2.44. The molecule has 0 saturated carbocycles. The summed E-state index contributed by atoms with van der Waals surface area (Å²) in [6.45, 7) is 12.5. The number of aromatic nitrogens is 1. The highest BCUT2D eigenvalue weighted by atomic mass is 16.5. The molecule has 1 aromatic heterocycles. The lowest BCUT2D eigenvalue weighted by molar-refractivity contribution is -0.0568. The van der Waals surface area contributed by atoms with Crippen LogP contribution < -0.4 is 4.74 Å². The number of esters is 1. The SMILES string of the molecule is C=C[C@@H]1CN2CC[C@H]1C[C@@H]2[C@@H](OC(=O)c1ccc(C(C)(C)C)cc1)c1ccnc2ccc(OC)cc12. The van der Waals surface area contributed by atoms with Crippen molar-refractivity contribution >= 4 is 16.9 Å². The van der Waals surface area contributed by atoms with Gasteiger partial charge in [-0.05, 0) is 78.6 Å². The van der Waals surface area contributed by atoms with Crippen molar-refractivity contribution in [2.75, 3.05) is 20.2 Å². The van der Waals surface area contributed by atoms with Gasteiger partial charge >= 0.3 is 5.97 Å². The standard InChI is InChI=1S/C31H36N2O3/c1-6-20-19-33-16-14-22(20)17-28(33)29(25-13-15-32-27-12-11-24(35-5)18-26(25)27)36-30(34)21-7-9-23(10-8-21)31(2,3)4/h6-13,15,18,20,22,28-29H,1,14,16-17,19H2,2-5H3/t20-,22+,28-,29+/m1/s1. The van der Waals surface area contributed by atoms with Gasteiger partial charge in [-0.3, -0.25) is 9.88 Å². The molecule has 2 bridgehead atoms. The van der Waals surface area contributed by atoms with Gasteiger partial charge < -0.3 is 9.47 Å². The summed E-state index contributed by atoms with van der Waals surface area (Å²) >= 11 is 0. The molecule has 3 aliphatic rings. The van der Waals surface area contributed by atoms with Crippen LogP contribution in [0.5, 0.6) is 5.75 Å². The van der Waals surface area contributed by atoms with Crippen molar-refractivity contribution in [2.24, 2.45) is 11.8 Å². The van der Waals surface area contributed by atoms with Crippen LogP contribution in [-0.2, 0) is 10.2 Å². The predicted molar refractivity (Wildman–Crippen MR) is 143 cm³/mol. The molecule has 3 aliphatic heterocycles. The number of nitrogens with zero attached hydrogens (tertiary/aromatic N) is 2. The molecule has 0 radical (unpaired) electrons. The summed E-state index contributed by atoms with van der Waals surface area (Å²) in [4.78, 5) is 20.6. The average Bonchev–Trinajstić information content (AvgIpc) is 2.90. The Morgan fingerprint density at radius 2 is 1.94 bits per heavy atom. The molecule has 3 saturated heterocycles. The van der Waals surface area contributed by atoms with Crippen LogP contribution in [0.2, 0.25) is 0 Å². The Balaban J connectivity index is 1.53. The first kappa shape index (κ1) is 24.5. The minimum Gasteiger partial charge on any atom is -0.497 e. The summed E-state index contributed by atoms with van der Waals surface area (Å²) in [6.07, 6.45) is 5.63. The minimum absolute atomic E-state index is 0.0241. The quantitative estimate of drug-likeness (QED) is 0.302. The number of benzene rings is 2. The number of ether oxygens (including phenoxy) is 2. The number of hydrogen-bond donors (Lipinski definition) is 0. The molecule has 36 heavy (non-hydrogen) atoms. The van der Waals surface area contributed by atoms with Crippen molar-refractivity contribution in [3.05, 3.63) is 84.1 Å². The summed E-state index contributed by atoms with van der Waals surface area (Å²) in [5, 5.41) is 0.959. The Morgan fingerprint density at radius 3 is 2.58 bits per heavy atom. The highest BCUT2D eigenvalue weighted by molar-refractivity contribution is 5.90. The topological polar surface area (TPSA) is 51.7 Å². The minimum atomic E-state index is -0.411. The van der Waals surface area contributed by atoms with Gasteiger partial charge in [-0.15, -0.1) is 6.58 Å². The van der Waals surface area contributed by atoms with Gasteiger partial charge in [0.15, 0.2) is 0 Å². The van der Waals surface area contributed by atoms with E-state index < -0.39 is 6.10 Å². The monoisotopic (exact) mass is 484 g/mol. The maximum atomic E-state index is 13.5. The molecule has 6 rings (SSSR count). The van der Waals surface area contributed by atoms with E-state index in [1.165, 1.54) is 5.56 Å². The maximum absolute atomic E-state index is 13.5. The molecule has 188 valence electrons. The third kappa shape index (κ3) is 4.64. The van der Waals surface area contributed by atoms with Gasteiger partial charge in [0, 0.05) is 23.7 Å².